The maximum Gasteiger partial charge on any atom is 0.160 e. The van der Waals surface area contributed by atoms with Gasteiger partial charge in [-0.15, -0.1) is 0 Å². The summed E-state index contributed by atoms with van der Waals surface area (Å²) in [7, 11) is 0. The number of ether oxygens (including phenoxy) is 1. The van der Waals surface area contributed by atoms with Gasteiger partial charge in [-0.3, -0.25) is 0 Å². The van der Waals surface area contributed by atoms with E-state index in [9.17, 15) is 0 Å². The minimum atomic E-state index is -0.0313. The molecule has 1 aromatic heterocycles. The lowest BCUT2D eigenvalue weighted by molar-refractivity contribution is 0.105. The van der Waals surface area contributed by atoms with Crippen molar-refractivity contribution in [2.45, 2.75) is 18.9 Å². The topological polar surface area (TPSA) is 35.0 Å². The quantitative estimate of drug-likeness (QED) is 0.681. The van der Waals surface area contributed by atoms with Gasteiger partial charge in [-0.25, -0.2) is 9.97 Å². The SMILES string of the molecule is Clc1cc(Cl)nc(C2CCCO2)n1. The molecule has 1 aliphatic rings. The Bertz CT molecular complexity index is 293. The van der Waals surface area contributed by atoms with E-state index >= 15 is 0 Å². The Hall–Kier alpha value is -0.380. The summed E-state index contributed by atoms with van der Waals surface area (Å²) in [6.07, 6.45) is 1.95. The van der Waals surface area contributed by atoms with Crippen molar-refractivity contribution in [3.63, 3.8) is 0 Å². The second-order valence-electron chi connectivity index (χ2n) is 2.87. The summed E-state index contributed by atoms with van der Waals surface area (Å²) in [5.74, 6) is 0.593. The molecule has 5 heteroatoms. The first kappa shape index (κ1) is 9.19. The number of nitrogens with zero attached hydrogens (tertiary/aromatic N) is 2. The zero-order valence-corrected chi connectivity index (χ0v) is 8.35. The fourth-order valence-electron chi connectivity index (χ4n) is 1.33. The van der Waals surface area contributed by atoms with E-state index in [0.29, 0.717) is 16.1 Å². The number of hydrogen-bond acceptors (Lipinski definition) is 3. The van der Waals surface area contributed by atoms with Crippen LogP contribution in [0.15, 0.2) is 6.07 Å². The first-order valence-corrected chi connectivity index (χ1v) is 4.83. The number of halogens is 2. The smallest absolute Gasteiger partial charge is 0.160 e. The van der Waals surface area contributed by atoms with E-state index < -0.39 is 0 Å². The third kappa shape index (κ3) is 2.10. The van der Waals surface area contributed by atoms with Gasteiger partial charge in [0.2, 0.25) is 0 Å². The van der Waals surface area contributed by atoms with Crippen LogP contribution in [0, 0.1) is 0 Å². The van der Waals surface area contributed by atoms with Gasteiger partial charge in [0, 0.05) is 12.7 Å². The van der Waals surface area contributed by atoms with Gasteiger partial charge in [0.1, 0.15) is 16.4 Å². The number of aromatic nitrogens is 2. The van der Waals surface area contributed by atoms with Gasteiger partial charge in [-0.2, -0.15) is 0 Å². The highest BCUT2D eigenvalue weighted by atomic mass is 35.5. The molecule has 0 aromatic carbocycles. The Kier molecular flexibility index (Phi) is 2.67. The molecular formula is C8H8Cl2N2O. The molecule has 0 N–H and O–H groups in total. The maximum atomic E-state index is 5.74. The molecular weight excluding hydrogens is 211 g/mol. The molecule has 0 aliphatic carbocycles. The van der Waals surface area contributed by atoms with Gasteiger partial charge in [-0.1, -0.05) is 23.2 Å². The lowest BCUT2D eigenvalue weighted by Gasteiger charge is -2.07. The lowest BCUT2D eigenvalue weighted by atomic mass is 10.2. The van der Waals surface area contributed by atoms with Gasteiger partial charge in [0.15, 0.2) is 5.82 Å². The van der Waals surface area contributed by atoms with E-state index in [2.05, 4.69) is 9.97 Å². The average molecular weight is 219 g/mol. The molecule has 0 spiro atoms. The summed E-state index contributed by atoms with van der Waals surface area (Å²) >= 11 is 11.5. The van der Waals surface area contributed by atoms with Crippen LogP contribution in [-0.4, -0.2) is 16.6 Å². The summed E-state index contributed by atoms with van der Waals surface area (Å²) < 4.78 is 5.41. The van der Waals surface area contributed by atoms with Crippen molar-refractivity contribution in [2.24, 2.45) is 0 Å². The summed E-state index contributed by atoms with van der Waals surface area (Å²) in [5.41, 5.74) is 0. The Morgan fingerprint density at radius 1 is 1.31 bits per heavy atom. The van der Waals surface area contributed by atoms with Crippen LogP contribution in [0.4, 0.5) is 0 Å². The van der Waals surface area contributed by atoms with E-state index in [1.165, 1.54) is 6.07 Å². The van der Waals surface area contributed by atoms with Crippen LogP contribution < -0.4 is 0 Å². The highest BCUT2D eigenvalue weighted by molar-refractivity contribution is 6.33. The Morgan fingerprint density at radius 2 is 2.00 bits per heavy atom. The second-order valence-corrected chi connectivity index (χ2v) is 3.65. The van der Waals surface area contributed by atoms with Crippen molar-refractivity contribution in [2.75, 3.05) is 6.61 Å². The van der Waals surface area contributed by atoms with Gasteiger partial charge < -0.3 is 4.74 Å². The van der Waals surface area contributed by atoms with Crippen LogP contribution in [0.5, 0.6) is 0 Å². The molecule has 13 heavy (non-hydrogen) atoms. The van der Waals surface area contributed by atoms with Crippen molar-refractivity contribution in [3.8, 4) is 0 Å². The number of hydrogen-bond donors (Lipinski definition) is 0. The predicted octanol–water partition coefficient (Wildman–Crippen LogP) is 2.63. The first-order valence-electron chi connectivity index (χ1n) is 4.07. The van der Waals surface area contributed by atoms with Crippen LogP contribution in [0.1, 0.15) is 24.8 Å². The largest absolute Gasteiger partial charge is 0.370 e. The van der Waals surface area contributed by atoms with Gasteiger partial charge in [0.25, 0.3) is 0 Å². The van der Waals surface area contributed by atoms with Crippen LogP contribution >= 0.6 is 23.2 Å². The van der Waals surface area contributed by atoms with Crippen LogP contribution in [0.25, 0.3) is 0 Å². The van der Waals surface area contributed by atoms with E-state index in [1.807, 2.05) is 0 Å². The molecule has 1 unspecified atom stereocenters. The zero-order chi connectivity index (χ0) is 9.26. The lowest BCUT2D eigenvalue weighted by Crippen LogP contribution is -2.02. The molecule has 0 bridgehead atoms. The molecule has 1 aliphatic heterocycles. The van der Waals surface area contributed by atoms with Crippen molar-refractivity contribution >= 4 is 23.2 Å². The first-order chi connectivity index (χ1) is 6.25. The molecule has 0 radical (unpaired) electrons. The van der Waals surface area contributed by atoms with Gasteiger partial charge in [0.05, 0.1) is 0 Å². The summed E-state index contributed by atoms with van der Waals surface area (Å²) in [6.45, 7) is 0.762. The van der Waals surface area contributed by atoms with Crippen molar-refractivity contribution < 1.29 is 4.74 Å². The highest BCUT2D eigenvalue weighted by Gasteiger charge is 2.21. The van der Waals surface area contributed by atoms with E-state index in [1.54, 1.807) is 0 Å². The molecule has 1 aromatic rings. The summed E-state index contributed by atoms with van der Waals surface area (Å²) in [5, 5.41) is 0.732. The Balaban J connectivity index is 2.28. The van der Waals surface area contributed by atoms with Crippen molar-refractivity contribution in [1.82, 2.24) is 9.97 Å². The van der Waals surface area contributed by atoms with Crippen molar-refractivity contribution in [1.29, 1.82) is 0 Å². The summed E-state index contributed by atoms with van der Waals surface area (Å²) in [4.78, 5) is 8.12. The average Bonchev–Trinajstić information content (AvgIpc) is 2.53. The minimum Gasteiger partial charge on any atom is -0.370 e. The Labute approximate surface area is 86.0 Å². The monoisotopic (exact) mass is 218 g/mol. The second kappa shape index (κ2) is 3.78. The minimum absolute atomic E-state index is 0.0313. The van der Waals surface area contributed by atoms with Crippen LogP contribution in [0.3, 0.4) is 0 Å². The molecule has 1 fully saturated rings. The molecule has 1 saturated heterocycles. The molecule has 2 heterocycles. The maximum absolute atomic E-state index is 5.74. The van der Waals surface area contributed by atoms with E-state index in [0.717, 1.165) is 19.4 Å². The van der Waals surface area contributed by atoms with Gasteiger partial charge in [-0.05, 0) is 12.8 Å². The Morgan fingerprint density at radius 3 is 2.54 bits per heavy atom. The van der Waals surface area contributed by atoms with Crippen LogP contribution in [-0.2, 0) is 4.74 Å². The molecule has 3 nitrogen and oxygen atoms in total. The predicted molar refractivity (Wildman–Crippen MR) is 50.0 cm³/mol. The van der Waals surface area contributed by atoms with E-state index in [4.69, 9.17) is 27.9 Å². The standard InChI is InChI=1S/C8H8Cl2N2O/c9-6-4-7(10)12-8(11-6)5-2-1-3-13-5/h4-5H,1-3H2. The number of rotatable bonds is 1. The van der Waals surface area contributed by atoms with Gasteiger partial charge >= 0.3 is 0 Å². The van der Waals surface area contributed by atoms with Crippen molar-refractivity contribution in [3.05, 3.63) is 22.2 Å². The normalized spacial score (nSPS) is 22.2. The molecule has 0 amide bonds. The molecule has 70 valence electrons. The zero-order valence-electron chi connectivity index (χ0n) is 6.83. The van der Waals surface area contributed by atoms with E-state index in [-0.39, 0.29) is 6.10 Å². The van der Waals surface area contributed by atoms with Crippen LogP contribution in [0.2, 0.25) is 10.3 Å². The fourth-order valence-corrected chi connectivity index (χ4v) is 1.77. The molecule has 1 atom stereocenters. The molecule has 0 saturated carbocycles. The molecule has 2 rings (SSSR count). The third-order valence-corrected chi connectivity index (χ3v) is 2.29. The third-order valence-electron chi connectivity index (χ3n) is 1.90. The fraction of sp³-hybridized carbons (Fsp3) is 0.500. The summed E-state index contributed by atoms with van der Waals surface area (Å²) in [6, 6.07) is 1.52. The highest BCUT2D eigenvalue weighted by Crippen LogP contribution is 2.27.